The van der Waals surface area contributed by atoms with Crippen LogP contribution in [-0.4, -0.2) is 51.6 Å². The second-order valence-corrected chi connectivity index (χ2v) is 7.71. The number of carbonyl (C=O) groups excluding carboxylic acids is 3. The number of amides is 2. The Bertz CT molecular complexity index is 1050. The summed E-state index contributed by atoms with van der Waals surface area (Å²) < 4.78 is 19.9. The lowest BCUT2D eigenvalue weighted by Gasteiger charge is -2.30. The lowest BCUT2D eigenvalue weighted by molar-refractivity contribution is -0.143. The molecule has 33 heavy (non-hydrogen) atoms. The number of carbonyl (C=O) groups is 3. The van der Waals surface area contributed by atoms with Crippen molar-refractivity contribution in [3.63, 3.8) is 0 Å². The Labute approximate surface area is 189 Å². The lowest BCUT2D eigenvalue weighted by Crippen LogP contribution is -2.40. The number of nitrogens with two attached hydrogens (primary N) is 1. The predicted molar refractivity (Wildman–Crippen MR) is 117 cm³/mol. The molecule has 11 heteroatoms. The summed E-state index contributed by atoms with van der Waals surface area (Å²) in [5.74, 6) is -1.99. The van der Waals surface area contributed by atoms with E-state index in [1.54, 1.807) is 11.0 Å². The van der Waals surface area contributed by atoms with Crippen LogP contribution in [0.15, 0.2) is 30.6 Å². The highest BCUT2D eigenvalue weighted by Gasteiger charge is 2.26. The molecule has 0 bridgehead atoms. The second kappa shape index (κ2) is 10.6. The average molecular weight is 456 g/mol. The first-order valence-electron chi connectivity index (χ1n) is 10.4. The maximum absolute atomic E-state index is 14.9. The molecule has 1 aliphatic rings. The van der Waals surface area contributed by atoms with Gasteiger partial charge in [-0.25, -0.2) is 14.4 Å². The molecule has 0 spiro atoms. The van der Waals surface area contributed by atoms with Gasteiger partial charge in [0.1, 0.15) is 24.7 Å². The van der Waals surface area contributed by atoms with Gasteiger partial charge < -0.3 is 15.4 Å². The molecule has 0 aliphatic carbocycles. The quantitative estimate of drug-likeness (QED) is 0.327. The smallest absolute Gasteiger partial charge is 0.313 e. The van der Waals surface area contributed by atoms with Gasteiger partial charge in [0.25, 0.3) is 0 Å². The van der Waals surface area contributed by atoms with Gasteiger partial charge in [0.2, 0.25) is 17.8 Å². The molecule has 2 heterocycles. The standard InChI is InChI=1S/C22H25FN6O4/c1-13(30)29-7-5-14(6-8-29)21(32)28-22-26-10-16(11-27-22)17-4-2-3-15(20(17)23)12-33-19(31)9-18(24)25/h2-4,10-11,14H,5-9,12H2,1H3,(H3,24,25)(H,26,27,28,32). The number of aromatic nitrogens is 2. The van der Waals surface area contributed by atoms with Gasteiger partial charge in [-0.05, 0) is 12.8 Å². The average Bonchev–Trinajstić information content (AvgIpc) is 2.78. The van der Waals surface area contributed by atoms with Gasteiger partial charge in [-0.3, -0.25) is 25.1 Å². The maximum Gasteiger partial charge on any atom is 0.313 e. The summed E-state index contributed by atoms with van der Waals surface area (Å²) in [5, 5.41) is 9.75. The molecule has 0 radical (unpaired) electrons. The lowest BCUT2D eigenvalue weighted by atomic mass is 9.96. The van der Waals surface area contributed by atoms with Crippen LogP contribution in [0.2, 0.25) is 0 Å². The third kappa shape index (κ3) is 6.31. The minimum absolute atomic E-state index is 0.00157. The molecule has 4 N–H and O–H groups in total. The van der Waals surface area contributed by atoms with Crippen LogP contribution in [0.1, 0.15) is 31.7 Å². The van der Waals surface area contributed by atoms with Gasteiger partial charge in [0, 0.05) is 55.0 Å². The normalized spacial score (nSPS) is 13.9. The van der Waals surface area contributed by atoms with Crippen LogP contribution in [0.4, 0.5) is 10.3 Å². The molecule has 1 aromatic carbocycles. The Hall–Kier alpha value is -3.89. The van der Waals surface area contributed by atoms with Crippen molar-refractivity contribution in [3.05, 3.63) is 42.0 Å². The molecule has 2 amide bonds. The number of anilines is 1. The fourth-order valence-corrected chi connectivity index (χ4v) is 3.48. The third-order valence-electron chi connectivity index (χ3n) is 5.31. The SMILES string of the molecule is CC(=O)N1CCC(C(=O)Nc2ncc(-c3cccc(COC(=O)CC(=N)N)c3F)cn2)CC1. The molecule has 10 nitrogen and oxygen atoms in total. The molecule has 1 fully saturated rings. The molecule has 1 saturated heterocycles. The van der Waals surface area contributed by atoms with E-state index in [0.717, 1.165) is 0 Å². The van der Waals surface area contributed by atoms with Crippen LogP contribution in [0.3, 0.4) is 0 Å². The van der Waals surface area contributed by atoms with Crippen molar-refractivity contribution in [2.45, 2.75) is 32.8 Å². The first-order chi connectivity index (χ1) is 15.7. The van der Waals surface area contributed by atoms with E-state index in [1.807, 2.05) is 0 Å². The van der Waals surface area contributed by atoms with Gasteiger partial charge in [-0.2, -0.15) is 0 Å². The number of hydrogen-bond acceptors (Lipinski definition) is 7. The van der Waals surface area contributed by atoms with Crippen LogP contribution < -0.4 is 11.1 Å². The molecule has 174 valence electrons. The number of piperidine rings is 1. The summed E-state index contributed by atoms with van der Waals surface area (Å²) >= 11 is 0. The zero-order valence-electron chi connectivity index (χ0n) is 18.1. The van der Waals surface area contributed by atoms with Crippen LogP contribution in [-0.2, 0) is 25.7 Å². The summed E-state index contributed by atoms with van der Waals surface area (Å²) in [6.07, 6.45) is 3.56. The first-order valence-corrected chi connectivity index (χ1v) is 10.4. The Morgan fingerprint density at radius 1 is 1.24 bits per heavy atom. The number of nitrogens with one attached hydrogen (secondary N) is 2. The number of benzene rings is 1. The Balaban J connectivity index is 1.62. The van der Waals surface area contributed by atoms with E-state index in [4.69, 9.17) is 15.9 Å². The van der Waals surface area contributed by atoms with E-state index >= 15 is 0 Å². The Kier molecular flexibility index (Phi) is 7.65. The summed E-state index contributed by atoms with van der Waals surface area (Å²) in [6.45, 7) is 2.28. The molecule has 2 aromatic rings. The van der Waals surface area contributed by atoms with E-state index in [9.17, 15) is 18.8 Å². The summed E-state index contributed by atoms with van der Waals surface area (Å²) in [5.41, 5.74) is 5.90. The fraction of sp³-hybridized carbons (Fsp3) is 0.364. The summed E-state index contributed by atoms with van der Waals surface area (Å²) in [4.78, 5) is 45.4. The van der Waals surface area contributed by atoms with Gasteiger partial charge in [0.15, 0.2) is 0 Å². The van der Waals surface area contributed by atoms with Crippen molar-refractivity contribution in [2.75, 3.05) is 18.4 Å². The minimum atomic E-state index is -0.720. The first kappa shape index (κ1) is 23.8. The maximum atomic E-state index is 14.9. The van der Waals surface area contributed by atoms with Crippen molar-refractivity contribution >= 4 is 29.6 Å². The summed E-state index contributed by atoms with van der Waals surface area (Å²) in [6, 6.07) is 4.62. The van der Waals surface area contributed by atoms with E-state index in [2.05, 4.69) is 15.3 Å². The van der Waals surface area contributed by atoms with Crippen LogP contribution in [0, 0.1) is 17.1 Å². The van der Waals surface area contributed by atoms with Gasteiger partial charge in [0.05, 0.1) is 0 Å². The highest BCUT2D eigenvalue weighted by molar-refractivity contribution is 5.94. The van der Waals surface area contributed by atoms with Crippen LogP contribution >= 0.6 is 0 Å². The molecule has 3 rings (SSSR count). The number of esters is 1. The van der Waals surface area contributed by atoms with Crippen molar-refractivity contribution in [3.8, 4) is 11.1 Å². The summed E-state index contributed by atoms with van der Waals surface area (Å²) in [7, 11) is 0. The third-order valence-corrected chi connectivity index (χ3v) is 5.31. The van der Waals surface area contributed by atoms with E-state index in [1.165, 1.54) is 31.5 Å². The number of hydrogen-bond donors (Lipinski definition) is 3. The van der Waals surface area contributed by atoms with Crippen LogP contribution in [0.25, 0.3) is 11.1 Å². The molecule has 1 aromatic heterocycles. The topological polar surface area (TPSA) is 151 Å². The van der Waals surface area contributed by atoms with Gasteiger partial charge >= 0.3 is 5.97 Å². The highest BCUT2D eigenvalue weighted by Crippen LogP contribution is 2.25. The highest BCUT2D eigenvalue weighted by atomic mass is 19.1. The molecular formula is C22H25FN6O4. The zero-order chi connectivity index (χ0) is 24.0. The van der Waals surface area contributed by atoms with E-state index in [-0.39, 0.29) is 53.7 Å². The predicted octanol–water partition coefficient (Wildman–Crippen LogP) is 1.85. The molecular weight excluding hydrogens is 431 g/mol. The minimum Gasteiger partial charge on any atom is -0.460 e. The molecule has 1 aliphatic heterocycles. The Morgan fingerprint density at radius 3 is 2.52 bits per heavy atom. The number of rotatable bonds is 7. The van der Waals surface area contributed by atoms with Crippen molar-refractivity contribution < 1.29 is 23.5 Å². The van der Waals surface area contributed by atoms with Gasteiger partial charge in [-0.1, -0.05) is 18.2 Å². The van der Waals surface area contributed by atoms with E-state index < -0.39 is 11.8 Å². The molecule has 0 atom stereocenters. The largest absolute Gasteiger partial charge is 0.460 e. The van der Waals surface area contributed by atoms with E-state index in [0.29, 0.717) is 31.5 Å². The number of nitrogens with zero attached hydrogens (tertiary/aromatic N) is 3. The molecule has 0 saturated carbocycles. The number of ether oxygens (including phenoxy) is 1. The number of likely N-dealkylation sites (tertiary alicyclic amines) is 1. The van der Waals surface area contributed by atoms with Crippen molar-refractivity contribution in [1.82, 2.24) is 14.9 Å². The number of amidine groups is 1. The zero-order valence-corrected chi connectivity index (χ0v) is 18.1. The molecule has 0 unspecified atom stereocenters. The number of halogens is 1. The van der Waals surface area contributed by atoms with Crippen molar-refractivity contribution in [2.24, 2.45) is 11.7 Å². The van der Waals surface area contributed by atoms with Crippen LogP contribution in [0.5, 0.6) is 0 Å². The monoisotopic (exact) mass is 456 g/mol. The van der Waals surface area contributed by atoms with Gasteiger partial charge in [-0.15, -0.1) is 0 Å². The second-order valence-electron chi connectivity index (χ2n) is 7.71. The van der Waals surface area contributed by atoms with Crippen molar-refractivity contribution in [1.29, 1.82) is 5.41 Å². The fourth-order valence-electron chi connectivity index (χ4n) is 3.48. The Morgan fingerprint density at radius 2 is 1.91 bits per heavy atom.